The number of aryl methyl sites for hydroxylation is 1. The molecule has 0 aliphatic rings. The van der Waals surface area contributed by atoms with Crippen LogP contribution in [0.1, 0.15) is 38.4 Å². The Hall–Kier alpha value is -1.35. The van der Waals surface area contributed by atoms with Gasteiger partial charge in [-0.15, -0.1) is 6.58 Å². The first kappa shape index (κ1) is 15.7. The molecule has 0 amide bonds. The molecular formula is C16H27N3. The molecule has 0 radical (unpaired) electrons. The molecule has 0 aromatic carbocycles. The molecule has 3 nitrogen and oxygen atoms in total. The Kier molecular flexibility index (Phi) is 6.57. The van der Waals surface area contributed by atoms with Gasteiger partial charge in [0, 0.05) is 31.4 Å². The minimum Gasteiger partial charge on any atom is -0.353 e. The van der Waals surface area contributed by atoms with Gasteiger partial charge >= 0.3 is 0 Å². The van der Waals surface area contributed by atoms with Crippen molar-refractivity contribution < 1.29 is 0 Å². The molecule has 1 aromatic rings. The molecule has 0 unspecified atom stereocenters. The molecule has 3 heteroatoms. The molecule has 0 bridgehead atoms. The number of anilines is 1. The third-order valence-corrected chi connectivity index (χ3v) is 3.05. The van der Waals surface area contributed by atoms with Crippen molar-refractivity contribution >= 4 is 5.82 Å². The minimum absolute atomic E-state index is 0.497. The Labute approximate surface area is 117 Å². The molecule has 0 aliphatic heterocycles. The molecule has 1 N–H and O–H groups in total. The van der Waals surface area contributed by atoms with Gasteiger partial charge in [-0.2, -0.15) is 0 Å². The fourth-order valence-electron chi connectivity index (χ4n) is 1.98. The maximum absolute atomic E-state index is 4.73. The Morgan fingerprint density at radius 3 is 2.68 bits per heavy atom. The van der Waals surface area contributed by atoms with E-state index in [0.717, 1.165) is 37.6 Å². The van der Waals surface area contributed by atoms with Crippen LogP contribution in [-0.4, -0.2) is 24.1 Å². The largest absolute Gasteiger partial charge is 0.353 e. The second-order valence-corrected chi connectivity index (χ2v) is 5.18. The Morgan fingerprint density at radius 1 is 1.42 bits per heavy atom. The van der Waals surface area contributed by atoms with Crippen molar-refractivity contribution in [2.75, 3.05) is 18.0 Å². The van der Waals surface area contributed by atoms with Gasteiger partial charge in [0.2, 0.25) is 0 Å². The normalized spacial score (nSPS) is 10.8. The summed E-state index contributed by atoms with van der Waals surface area (Å²) in [6.45, 7) is 15.1. The standard InChI is InChI=1S/C16H27N3/c1-6-10-19(11-7-2)16-9-8-15(14(5)18-16)12-17-13(3)4/h6,8-9,13,17H,1,7,10-12H2,2-5H3. The predicted molar refractivity (Wildman–Crippen MR) is 83.7 cm³/mol. The highest BCUT2D eigenvalue weighted by molar-refractivity contribution is 5.42. The van der Waals surface area contributed by atoms with E-state index in [-0.39, 0.29) is 0 Å². The van der Waals surface area contributed by atoms with E-state index < -0.39 is 0 Å². The molecule has 0 spiro atoms. The first-order chi connectivity index (χ1) is 9.08. The molecule has 19 heavy (non-hydrogen) atoms. The van der Waals surface area contributed by atoms with Crippen LogP contribution >= 0.6 is 0 Å². The highest BCUT2D eigenvalue weighted by atomic mass is 15.2. The maximum atomic E-state index is 4.73. The van der Waals surface area contributed by atoms with Gasteiger partial charge in [-0.3, -0.25) is 0 Å². The molecule has 0 atom stereocenters. The number of nitrogens with one attached hydrogen (secondary N) is 1. The van der Waals surface area contributed by atoms with E-state index in [1.54, 1.807) is 0 Å². The maximum Gasteiger partial charge on any atom is 0.129 e. The van der Waals surface area contributed by atoms with Gasteiger partial charge in [0.15, 0.2) is 0 Å². The highest BCUT2D eigenvalue weighted by Gasteiger charge is 2.08. The third-order valence-electron chi connectivity index (χ3n) is 3.05. The van der Waals surface area contributed by atoms with E-state index in [4.69, 9.17) is 4.98 Å². The second-order valence-electron chi connectivity index (χ2n) is 5.18. The van der Waals surface area contributed by atoms with Crippen LogP contribution in [0.2, 0.25) is 0 Å². The van der Waals surface area contributed by atoms with Crippen LogP contribution in [0.3, 0.4) is 0 Å². The van der Waals surface area contributed by atoms with Crippen LogP contribution in [0.15, 0.2) is 24.8 Å². The number of rotatable bonds is 8. The number of hydrogen-bond acceptors (Lipinski definition) is 3. The first-order valence-corrected chi connectivity index (χ1v) is 7.14. The van der Waals surface area contributed by atoms with Crippen molar-refractivity contribution in [3.05, 3.63) is 36.0 Å². The molecule has 0 fully saturated rings. The number of aromatic nitrogens is 1. The van der Waals surface area contributed by atoms with E-state index in [1.165, 1.54) is 5.56 Å². The van der Waals surface area contributed by atoms with E-state index >= 15 is 0 Å². The molecule has 1 rings (SSSR count). The van der Waals surface area contributed by atoms with Crippen LogP contribution in [0, 0.1) is 6.92 Å². The first-order valence-electron chi connectivity index (χ1n) is 7.14. The fourth-order valence-corrected chi connectivity index (χ4v) is 1.98. The zero-order valence-electron chi connectivity index (χ0n) is 12.7. The quantitative estimate of drug-likeness (QED) is 0.728. The average Bonchev–Trinajstić information content (AvgIpc) is 2.37. The molecule has 1 heterocycles. The van der Waals surface area contributed by atoms with E-state index in [9.17, 15) is 0 Å². The summed E-state index contributed by atoms with van der Waals surface area (Å²) in [4.78, 5) is 6.99. The number of hydrogen-bond donors (Lipinski definition) is 1. The summed E-state index contributed by atoms with van der Waals surface area (Å²) in [5.74, 6) is 1.05. The Morgan fingerprint density at radius 2 is 2.16 bits per heavy atom. The molecular weight excluding hydrogens is 234 g/mol. The van der Waals surface area contributed by atoms with Crippen molar-refractivity contribution in [2.45, 2.75) is 46.7 Å². The summed E-state index contributed by atoms with van der Waals surface area (Å²) in [5, 5.41) is 3.43. The molecule has 1 aromatic heterocycles. The summed E-state index contributed by atoms with van der Waals surface area (Å²) in [7, 11) is 0. The van der Waals surface area contributed by atoms with Gasteiger partial charge in [-0.25, -0.2) is 4.98 Å². The van der Waals surface area contributed by atoms with Gasteiger partial charge in [0.25, 0.3) is 0 Å². The van der Waals surface area contributed by atoms with Crippen molar-refractivity contribution in [3.8, 4) is 0 Å². The van der Waals surface area contributed by atoms with Gasteiger partial charge in [0.1, 0.15) is 5.82 Å². The zero-order valence-corrected chi connectivity index (χ0v) is 12.7. The van der Waals surface area contributed by atoms with Crippen LogP contribution in [0.4, 0.5) is 5.82 Å². The minimum atomic E-state index is 0.497. The summed E-state index contributed by atoms with van der Waals surface area (Å²) in [5.41, 5.74) is 2.38. The molecule has 0 saturated heterocycles. The van der Waals surface area contributed by atoms with Crippen molar-refractivity contribution in [2.24, 2.45) is 0 Å². The lowest BCUT2D eigenvalue weighted by atomic mass is 10.2. The molecule has 106 valence electrons. The van der Waals surface area contributed by atoms with Crippen molar-refractivity contribution in [3.63, 3.8) is 0 Å². The number of pyridine rings is 1. The second kappa shape index (κ2) is 7.95. The Bertz CT molecular complexity index is 399. The van der Waals surface area contributed by atoms with Gasteiger partial charge in [-0.05, 0) is 25.0 Å². The van der Waals surface area contributed by atoms with E-state index in [0.29, 0.717) is 6.04 Å². The predicted octanol–water partition coefficient (Wildman–Crippen LogP) is 3.29. The van der Waals surface area contributed by atoms with E-state index in [2.05, 4.69) is 56.6 Å². The third kappa shape index (κ3) is 5.03. The molecule has 0 aliphatic carbocycles. The lowest BCUT2D eigenvalue weighted by Gasteiger charge is -2.22. The monoisotopic (exact) mass is 261 g/mol. The van der Waals surface area contributed by atoms with E-state index in [1.807, 2.05) is 6.08 Å². The van der Waals surface area contributed by atoms with Crippen LogP contribution in [-0.2, 0) is 6.54 Å². The number of nitrogens with zero attached hydrogens (tertiary/aromatic N) is 2. The van der Waals surface area contributed by atoms with Gasteiger partial charge in [0.05, 0.1) is 0 Å². The summed E-state index contributed by atoms with van der Waals surface area (Å²) < 4.78 is 0. The lowest BCUT2D eigenvalue weighted by molar-refractivity contribution is 0.586. The van der Waals surface area contributed by atoms with Gasteiger partial charge in [-0.1, -0.05) is 32.9 Å². The average molecular weight is 261 g/mol. The van der Waals surface area contributed by atoms with Crippen LogP contribution in [0.25, 0.3) is 0 Å². The van der Waals surface area contributed by atoms with Crippen molar-refractivity contribution in [1.29, 1.82) is 0 Å². The SMILES string of the molecule is C=CCN(CCC)c1ccc(CNC(C)C)c(C)n1. The Balaban J connectivity index is 2.81. The fraction of sp³-hybridized carbons (Fsp3) is 0.562. The summed E-state index contributed by atoms with van der Waals surface area (Å²) in [6.07, 6.45) is 3.05. The van der Waals surface area contributed by atoms with Crippen LogP contribution < -0.4 is 10.2 Å². The lowest BCUT2D eigenvalue weighted by Crippen LogP contribution is -2.26. The van der Waals surface area contributed by atoms with Crippen molar-refractivity contribution in [1.82, 2.24) is 10.3 Å². The summed E-state index contributed by atoms with van der Waals surface area (Å²) >= 11 is 0. The highest BCUT2D eigenvalue weighted by Crippen LogP contribution is 2.15. The van der Waals surface area contributed by atoms with Gasteiger partial charge < -0.3 is 10.2 Å². The summed E-state index contributed by atoms with van der Waals surface area (Å²) in [6, 6.07) is 4.79. The zero-order chi connectivity index (χ0) is 14.3. The topological polar surface area (TPSA) is 28.2 Å². The molecule has 0 saturated carbocycles. The smallest absolute Gasteiger partial charge is 0.129 e. The van der Waals surface area contributed by atoms with Crippen LogP contribution in [0.5, 0.6) is 0 Å².